The molecule has 0 saturated heterocycles. The van der Waals surface area contributed by atoms with E-state index in [4.69, 9.17) is 0 Å². The van der Waals surface area contributed by atoms with E-state index in [9.17, 15) is 13.5 Å². The zero-order valence-corrected chi connectivity index (χ0v) is 13.3. The number of aryl methyl sites for hydroxylation is 1. The Morgan fingerprint density at radius 2 is 1.65 bits per heavy atom. The molecule has 0 aliphatic carbocycles. The van der Waals surface area contributed by atoms with E-state index in [-0.39, 0.29) is 11.4 Å². The van der Waals surface area contributed by atoms with E-state index in [0.29, 0.717) is 12.8 Å². The summed E-state index contributed by atoms with van der Waals surface area (Å²) in [5.74, 6) is 0. The zero-order chi connectivity index (χ0) is 15.2. The van der Waals surface area contributed by atoms with Crippen LogP contribution in [0, 0.1) is 0 Å². The summed E-state index contributed by atoms with van der Waals surface area (Å²) < 4.78 is 26.8. The summed E-state index contributed by atoms with van der Waals surface area (Å²) in [7, 11) is -3.56. The Bertz CT molecular complexity index is 504. The highest BCUT2D eigenvalue weighted by Crippen LogP contribution is 2.16. The molecule has 1 aromatic rings. The highest BCUT2D eigenvalue weighted by atomic mass is 32.2. The molecule has 0 bridgehead atoms. The van der Waals surface area contributed by atoms with Gasteiger partial charge in [0.1, 0.15) is 0 Å². The molecule has 1 aromatic carbocycles. The van der Waals surface area contributed by atoms with Gasteiger partial charge in [0.2, 0.25) is 10.0 Å². The Kier molecular flexibility index (Phi) is 6.17. The van der Waals surface area contributed by atoms with E-state index in [1.165, 1.54) is 0 Å². The van der Waals surface area contributed by atoms with Gasteiger partial charge in [-0.3, -0.25) is 0 Å². The molecule has 20 heavy (non-hydrogen) atoms. The fourth-order valence-corrected chi connectivity index (χ4v) is 3.06. The van der Waals surface area contributed by atoms with Crippen LogP contribution in [0.25, 0.3) is 0 Å². The van der Waals surface area contributed by atoms with E-state index < -0.39 is 15.6 Å². The van der Waals surface area contributed by atoms with Crippen molar-refractivity contribution in [3.63, 3.8) is 0 Å². The van der Waals surface area contributed by atoms with Crippen LogP contribution in [0.15, 0.2) is 29.2 Å². The van der Waals surface area contributed by atoms with E-state index in [1.807, 2.05) is 26.0 Å². The van der Waals surface area contributed by atoms with Crippen molar-refractivity contribution < 1.29 is 13.5 Å². The maximum Gasteiger partial charge on any atom is 0.240 e. The van der Waals surface area contributed by atoms with E-state index in [1.54, 1.807) is 12.1 Å². The standard InChI is InChI=1S/C15H25NO3S/c1-4-7-13-8-10-14(11-9-13)20(18,19)16-12-15(17,5-2)6-3/h8-11,16-17H,4-7,12H2,1-3H3. The first-order chi connectivity index (χ1) is 9.37. The smallest absolute Gasteiger partial charge is 0.240 e. The molecule has 0 unspecified atom stereocenters. The molecule has 0 amide bonds. The first kappa shape index (κ1) is 17.1. The van der Waals surface area contributed by atoms with Gasteiger partial charge in [0, 0.05) is 6.54 Å². The molecule has 0 fully saturated rings. The highest BCUT2D eigenvalue weighted by Gasteiger charge is 2.25. The lowest BCUT2D eigenvalue weighted by Crippen LogP contribution is -2.41. The SMILES string of the molecule is CCCc1ccc(S(=O)(=O)NCC(O)(CC)CC)cc1. The summed E-state index contributed by atoms with van der Waals surface area (Å²) in [4.78, 5) is 0.243. The second kappa shape index (κ2) is 7.20. The van der Waals surface area contributed by atoms with Gasteiger partial charge in [0.15, 0.2) is 0 Å². The third kappa shape index (κ3) is 4.58. The van der Waals surface area contributed by atoms with Gasteiger partial charge in [-0.05, 0) is 37.0 Å². The minimum Gasteiger partial charge on any atom is -0.389 e. The predicted octanol–water partition coefficient (Wildman–Crippen LogP) is 2.47. The van der Waals surface area contributed by atoms with Crippen molar-refractivity contribution in [1.82, 2.24) is 4.72 Å². The summed E-state index contributed by atoms with van der Waals surface area (Å²) in [6.07, 6.45) is 3.01. The normalized spacial score (nSPS) is 12.6. The van der Waals surface area contributed by atoms with Crippen LogP contribution in [-0.4, -0.2) is 25.7 Å². The predicted molar refractivity (Wildman–Crippen MR) is 81.2 cm³/mol. The molecular weight excluding hydrogens is 274 g/mol. The zero-order valence-electron chi connectivity index (χ0n) is 12.5. The van der Waals surface area contributed by atoms with Gasteiger partial charge in [0.25, 0.3) is 0 Å². The van der Waals surface area contributed by atoms with Crippen LogP contribution < -0.4 is 4.72 Å². The van der Waals surface area contributed by atoms with Gasteiger partial charge >= 0.3 is 0 Å². The van der Waals surface area contributed by atoms with Crippen molar-refractivity contribution >= 4 is 10.0 Å². The quantitative estimate of drug-likeness (QED) is 0.775. The molecule has 0 spiro atoms. The van der Waals surface area contributed by atoms with E-state index in [2.05, 4.69) is 11.6 Å². The van der Waals surface area contributed by atoms with E-state index >= 15 is 0 Å². The average Bonchev–Trinajstić information content (AvgIpc) is 2.46. The van der Waals surface area contributed by atoms with Crippen molar-refractivity contribution in [3.05, 3.63) is 29.8 Å². The van der Waals surface area contributed by atoms with Crippen molar-refractivity contribution in [3.8, 4) is 0 Å². The lowest BCUT2D eigenvalue weighted by Gasteiger charge is -2.25. The Hall–Kier alpha value is -0.910. The van der Waals surface area contributed by atoms with Crippen molar-refractivity contribution in [2.45, 2.75) is 57.0 Å². The Morgan fingerprint density at radius 3 is 2.10 bits per heavy atom. The summed E-state index contributed by atoms with van der Waals surface area (Å²) >= 11 is 0. The van der Waals surface area contributed by atoms with E-state index in [0.717, 1.165) is 18.4 Å². The van der Waals surface area contributed by atoms with Gasteiger partial charge in [-0.25, -0.2) is 13.1 Å². The van der Waals surface area contributed by atoms with Gasteiger partial charge in [-0.2, -0.15) is 0 Å². The second-order valence-corrected chi connectivity index (χ2v) is 6.92. The van der Waals surface area contributed by atoms with Crippen LogP contribution in [0.5, 0.6) is 0 Å². The van der Waals surface area contributed by atoms with Crippen molar-refractivity contribution in [1.29, 1.82) is 0 Å². The minimum atomic E-state index is -3.56. The van der Waals surface area contributed by atoms with Gasteiger partial charge in [-0.15, -0.1) is 0 Å². The molecular formula is C15H25NO3S. The van der Waals surface area contributed by atoms with Gasteiger partial charge < -0.3 is 5.11 Å². The molecule has 0 saturated carbocycles. The van der Waals surface area contributed by atoms with Gasteiger partial charge in [-0.1, -0.05) is 39.3 Å². The fraction of sp³-hybridized carbons (Fsp3) is 0.600. The number of hydrogen-bond donors (Lipinski definition) is 2. The van der Waals surface area contributed by atoms with Crippen LogP contribution in [0.1, 0.15) is 45.6 Å². The van der Waals surface area contributed by atoms with Gasteiger partial charge in [0.05, 0.1) is 10.5 Å². The van der Waals surface area contributed by atoms with Crippen LogP contribution >= 0.6 is 0 Å². The molecule has 1 rings (SSSR count). The maximum absolute atomic E-state index is 12.2. The fourth-order valence-electron chi connectivity index (χ4n) is 1.94. The number of sulfonamides is 1. The summed E-state index contributed by atoms with van der Waals surface area (Å²) in [5.41, 5.74) is 0.153. The minimum absolute atomic E-state index is 0.0407. The van der Waals surface area contributed by atoms with Crippen LogP contribution in [0.3, 0.4) is 0 Å². The van der Waals surface area contributed by atoms with Crippen LogP contribution in [-0.2, 0) is 16.4 Å². The van der Waals surface area contributed by atoms with Crippen molar-refractivity contribution in [2.24, 2.45) is 0 Å². The summed E-state index contributed by atoms with van der Waals surface area (Å²) in [6, 6.07) is 6.91. The molecule has 5 heteroatoms. The largest absolute Gasteiger partial charge is 0.389 e. The summed E-state index contributed by atoms with van der Waals surface area (Å²) in [6.45, 7) is 5.82. The second-order valence-electron chi connectivity index (χ2n) is 5.15. The molecule has 0 heterocycles. The van der Waals surface area contributed by atoms with Crippen LogP contribution in [0.4, 0.5) is 0 Å². The third-order valence-electron chi connectivity index (χ3n) is 3.68. The Labute approximate surface area is 122 Å². The number of aliphatic hydroxyl groups is 1. The van der Waals surface area contributed by atoms with Crippen LogP contribution in [0.2, 0.25) is 0 Å². The molecule has 2 N–H and O–H groups in total. The Balaban J connectivity index is 2.78. The average molecular weight is 299 g/mol. The third-order valence-corrected chi connectivity index (χ3v) is 5.10. The first-order valence-corrected chi connectivity index (χ1v) is 8.66. The lowest BCUT2D eigenvalue weighted by atomic mass is 9.98. The maximum atomic E-state index is 12.2. The number of hydrogen-bond acceptors (Lipinski definition) is 3. The molecule has 0 aromatic heterocycles. The molecule has 0 radical (unpaired) electrons. The first-order valence-electron chi connectivity index (χ1n) is 7.18. The molecule has 0 aliphatic heterocycles. The Morgan fingerprint density at radius 1 is 1.10 bits per heavy atom. The lowest BCUT2D eigenvalue weighted by molar-refractivity contribution is 0.0377. The molecule has 0 aliphatic rings. The number of rotatable bonds is 8. The summed E-state index contributed by atoms with van der Waals surface area (Å²) in [5, 5.41) is 10.1. The molecule has 114 valence electrons. The molecule has 4 nitrogen and oxygen atoms in total. The number of benzene rings is 1. The topological polar surface area (TPSA) is 66.4 Å². The highest BCUT2D eigenvalue weighted by molar-refractivity contribution is 7.89. The molecule has 0 atom stereocenters. The monoisotopic (exact) mass is 299 g/mol. The van der Waals surface area contributed by atoms with Crippen molar-refractivity contribution in [2.75, 3.05) is 6.54 Å². The number of nitrogens with one attached hydrogen (secondary N) is 1.